The molecule has 6 nitrogen and oxygen atoms in total. The molecule has 17 heavy (non-hydrogen) atoms. The predicted octanol–water partition coefficient (Wildman–Crippen LogP) is 0.952. The van der Waals surface area contributed by atoms with Crippen LogP contribution in [-0.2, 0) is 0 Å². The molecule has 2 aromatic heterocycles. The molecule has 88 valence electrons. The second kappa shape index (κ2) is 5.22. The van der Waals surface area contributed by atoms with E-state index in [1.165, 1.54) is 6.07 Å². The third-order valence-electron chi connectivity index (χ3n) is 2.01. The molecule has 0 fully saturated rings. The van der Waals surface area contributed by atoms with Gasteiger partial charge in [0.25, 0.3) is 5.56 Å². The zero-order valence-corrected chi connectivity index (χ0v) is 9.27. The van der Waals surface area contributed by atoms with Crippen LogP contribution < -0.4 is 5.56 Å². The van der Waals surface area contributed by atoms with E-state index in [9.17, 15) is 9.59 Å². The lowest BCUT2D eigenvalue weighted by atomic mass is 10.1. The minimum Gasteiger partial charge on any atom is -0.477 e. The van der Waals surface area contributed by atoms with E-state index in [1.54, 1.807) is 24.5 Å². The molecule has 2 aromatic rings. The van der Waals surface area contributed by atoms with Gasteiger partial charge in [0.1, 0.15) is 5.56 Å². The Morgan fingerprint density at radius 2 is 1.94 bits per heavy atom. The van der Waals surface area contributed by atoms with Gasteiger partial charge < -0.3 is 5.11 Å². The van der Waals surface area contributed by atoms with Crippen molar-refractivity contribution in [1.29, 1.82) is 0 Å². The standard InChI is InChI=1S/C10H7N3O3.ClH/c14-9-7(10(15)16)5-8(12-13-9)6-1-3-11-4-2-6;/h1-5H,(H,13,14)(H,15,16);1H. The van der Waals surface area contributed by atoms with Gasteiger partial charge in [0.15, 0.2) is 0 Å². The van der Waals surface area contributed by atoms with E-state index >= 15 is 0 Å². The summed E-state index contributed by atoms with van der Waals surface area (Å²) in [6, 6.07) is 4.58. The van der Waals surface area contributed by atoms with Crippen LogP contribution in [0, 0.1) is 0 Å². The molecule has 0 aliphatic heterocycles. The number of carbonyl (C=O) groups is 1. The molecule has 0 unspecified atom stereocenters. The minimum absolute atomic E-state index is 0. The van der Waals surface area contributed by atoms with Crippen molar-refractivity contribution in [3.05, 3.63) is 46.5 Å². The molecule has 7 heteroatoms. The molecule has 0 spiro atoms. The summed E-state index contributed by atoms with van der Waals surface area (Å²) in [5.41, 5.74) is 0.0280. The van der Waals surface area contributed by atoms with Crippen LogP contribution in [0.4, 0.5) is 0 Å². The number of pyridine rings is 1. The van der Waals surface area contributed by atoms with E-state index in [0.717, 1.165) is 0 Å². The van der Waals surface area contributed by atoms with Gasteiger partial charge in [0.05, 0.1) is 5.69 Å². The number of aromatic nitrogens is 3. The molecule has 0 amide bonds. The van der Waals surface area contributed by atoms with Crippen LogP contribution in [0.3, 0.4) is 0 Å². The van der Waals surface area contributed by atoms with Gasteiger partial charge in [-0.25, -0.2) is 9.89 Å². The van der Waals surface area contributed by atoms with Crippen LogP contribution in [0.15, 0.2) is 35.4 Å². The summed E-state index contributed by atoms with van der Waals surface area (Å²) >= 11 is 0. The SMILES string of the molecule is Cl.O=C(O)c1cc(-c2ccncc2)n[nH]c1=O. The van der Waals surface area contributed by atoms with Gasteiger partial charge in [0.2, 0.25) is 0 Å². The van der Waals surface area contributed by atoms with E-state index in [0.29, 0.717) is 11.3 Å². The second-order valence-corrected chi connectivity index (χ2v) is 3.04. The maximum absolute atomic E-state index is 11.1. The highest BCUT2D eigenvalue weighted by Crippen LogP contribution is 2.13. The lowest BCUT2D eigenvalue weighted by molar-refractivity contribution is 0.0694. The number of hydrogen-bond acceptors (Lipinski definition) is 4. The smallest absolute Gasteiger partial charge is 0.341 e. The van der Waals surface area contributed by atoms with Gasteiger partial charge in [0, 0.05) is 18.0 Å². The topological polar surface area (TPSA) is 95.9 Å². The Morgan fingerprint density at radius 1 is 1.29 bits per heavy atom. The first-order valence-corrected chi connectivity index (χ1v) is 4.42. The van der Waals surface area contributed by atoms with Crippen molar-refractivity contribution < 1.29 is 9.90 Å². The van der Waals surface area contributed by atoms with Crippen molar-refractivity contribution in [2.45, 2.75) is 0 Å². The Labute approximate surface area is 102 Å². The maximum atomic E-state index is 11.1. The molecule has 2 rings (SSSR count). The van der Waals surface area contributed by atoms with Gasteiger partial charge in [-0.3, -0.25) is 9.78 Å². The first kappa shape index (κ1) is 12.9. The van der Waals surface area contributed by atoms with Crippen molar-refractivity contribution in [3.63, 3.8) is 0 Å². The van der Waals surface area contributed by atoms with Crippen molar-refractivity contribution in [2.24, 2.45) is 0 Å². The summed E-state index contributed by atoms with van der Waals surface area (Å²) in [6.07, 6.45) is 3.12. The second-order valence-electron chi connectivity index (χ2n) is 3.04. The van der Waals surface area contributed by atoms with E-state index in [1.807, 2.05) is 0 Å². The van der Waals surface area contributed by atoms with Crippen molar-refractivity contribution in [1.82, 2.24) is 15.2 Å². The third kappa shape index (κ3) is 2.67. The van der Waals surface area contributed by atoms with E-state index in [4.69, 9.17) is 5.11 Å². The van der Waals surface area contributed by atoms with Gasteiger partial charge in [-0.1, -0.05) is 0 Å². The summed E-state index contributed by atoms with van der Waals surface area (Å²) in [5, 5.41) is 14.7. The van der Waals surface area contributed by atoms with Crippen LogP contribution >= 0.6 is 12.4 Å². The Balaban J connectivity index is 0.00000144. The Kier molecular flexibility index (Phi) is 3.95. The fourth-order valence-electron chi connectivity index (χ4n) is 1.24. The number of nitrogens with one attached hydrogen (secondary N) is 1. The molecule has 0 saturated heterocycles. The Bertz CT molecular complexity index is 583. The van der Waals surface area contributed by atoms with Crippen molar-refractivity contribution in [3.8, 4) is 11.3 Å². The maximum Gasteiger partial charge on any atom is 0.341 e. The molecule has 2 heterocycles. The van der Waals surface area contributed by atoms with E-state index in [2.05, 4.69) is 15.2 Å². The molecular formula is C10H8ClN3O3. The Hall–Kier alpha value is -2.21. The first-order chi connectivity index (χ1) is 7.68. The van der Waals surface area contributed by atoms with Crippen LogP contribution in [-0.4, -0.2) is 26.3 Å². The number of carboxylic acids is 1. The van der Waals surface area contributed by atoms with E-state index in [-0.39, 0.29) is 18.0 Å². The molecule has 0 radical (unpaired) electrons. The summed E-state index contributed by atoms with van der Waals surface area (Å²) < 4.78 is 0. The zero-order chi connectivity index (χ0) is 11.5. The molecule has 2 N–H and O–H groups in total. The third-order valence-corrected chi connectivity index (χ3v) is 2.01. The lowest BCUT2D eigenvalue weighted by Crippen LogP contribution is -2.18. The van der Waals surface area contributed by atoms with Gasteiger partial charge in [-0.05, 0) is 18.2 Å². The fourth-order valence-corrected chi connectivity index (χ4v) is 1.24. The summed E-state index contributed by atoms with van der Waals surface area (Å²) in [5.74, 6) is -1.28. The number of hydrogen-bond donors (Lipinski definition) is 2. The average Bonchev–Trinajstić information content (AvgIpc) is 2.30. The highest BCUT2D eigenvalue weighted by Gasteiger charge is 2.11. The molecule has 0 aromatic carbocycles. The monoisotopic (exact) mass is 253 g/mol. The van der Waals surface area contributed by atoms with Gasteiger partial charge >= 0.3 is 5.97 Å². The normalized spacial score (nSPS) is 9.41. The van der Waals surface area contributed by atoms with Crippen LogP contribution in [0.1, 0.15) is 10.4 Å². The molecule has 0 atom stereocenters. The summed E-state index contributed by atoms with van der Waals surface area (Å²) in [4.78, 5) is 25.7. The molecule has 0 bridgehead atoms. The number of H-pyrrole nitrogens is 1. The Morgan fingerprint density at radius 3 is 2.53 bits per heavy atom. The van der Waals surface area contributed by atoms with E-state index < -0.39 is 11.5 Å². The molecule has 0 aliphatic rings. The van der Waals surface area contributed by atoms with Crippen LogP contribution in [0.5, 0.6) is 0 Å². The highest BCUT2D eigenvalue weighted by molar-refractivity contribution is 5.88. The quantitative estimate of drug-likeness (QED) is 0.831. The van der Waals surface area contributed by atoms with Crippen LogP contribution in [0.25, 0.3) is 11.3 Å². The summed E-state index contributed by atoms with van der Waals surface area (Å²) in [6.45, 7) is 0. The van der Waals surface area contributed by atoms with Crippen molar-refractivity contribution in [2.75, 3.05) is 0 Å². The number of nitrogens with zero attached hydrogens (tertiary/aromatic N) is 2. The first-order valence-electron chi connectivity index (χ1n) is 4.42. The van der Waals surface area contributed by atoms with Crippen LogP contribution in [0.2, 0.25) is 0 Å². The summed E-state index contributed by atoms with van der Waals surface area (Å²) in [7, 11) is 0. The largest absolute Gasteiger partial charge is 0.477 e. The molecule has 0 aliphatic carbocycles. The zero-order valence-electron chi connectivity index (χ0n) is 8.45. The highest BCUT2D eigenvalue weighted by atomic mass is 35.5. The minimum atomic E-state index is -1.28. The number of carboxylic acid groups (broad SMARTS) is 1. The molecule has 0 saturated carbocycles. The number of aromatic amines is 1. The number of aromatic carboxylic acids is 1. The number of halogens is 1. The van der Waals surface area contributed by atoms with Crippen molar-refractivity contribution >= 4 is 18.4 Å². The van der Waals surface area contributed by atoms with Gasteiger partial charge in [-0.15, -0.1) is 12.4 Å². The molecular weight excluding hydrogens is 246 g/mol. The number of rotatable bonds is 2. The van der Waals surface area contributed by atoms with Gasteiger partial charge in [-0.2, -0.15) is 5.10 Å². The average molecular weight is 254 g/mol. The predicted molar refractivity (Wildman–Crippen MR) is 62.3 cm³/mol. The fraction of sp³-hybridized carbons (Fsp3) is 0. The lowest BCUT2D eigenvalue weighted by Gasteiger charge is -2.00.